The van der Waals surface area contributed by atoms with Crippen LogP contribution in [0.1, 0.15) is 71.1 Å². The molecule has 0 fully saturated rings. The fraction of sp³-hybridized carbons (Fsp3) is 0.297. The fourth-order valence-electron chi connectivity index (χ4n) is 4.82. The number of pyridine rings is 1. The molecule has 0 spiro atoms. The predicted octanol–water partition coefficient (Wildman–Crippen LogP) is 10.2. The number of hydrogen-bond acceptors (Lipinski definition) is 4. The Morgan fingerprint density at radius 3 is 1.50 bits per heavy atom. The maximum Gasteiger partial charge on any atom is 0.165 e. The monoisotopic (exact) mass is 666 g/mol. The van der Waals surface area contributed by atoms with Crippen molar-refractivity contribution in [2.24, 2.45) is 0 Å². The molecule has 0 saturated carbocycles. The molecular weight excluding hydrogens is 627 g/mol. The number of rotatable bonds is 8. The van der Waals surface area contributed by atoms with Crippen molar-refractivity contribution in [3.05, 3.63) is 108 Å². The Hall–Kier alpha value is -3.45. The van der Waals surface area contributed by atoms with Gasteiger partial charge < -0.3 is 0 Å². The lowest BCUT2D eigenvalue weighted by atomic mass is 9.87. The first-order chi connectivity index (χ1) is 20.0. The highest BCUT2D eigenvalue weighted by Crippen LogP contribution is 2.33. The molecular formula is C37H39IN4. The summed E-state index contributed by atoms with van der Waals surface area (Å²) < 4.78 is 0.0454. The second-order valence-electron chi connectivity index (χ2n) is 12.4. The van der Waals surface area contributed by atoms with E-state index in [1.165, 1.54) is 29.5 Å². The van der Waals surface area contributed by atoms with Crippen LogP contribution >= 0.6 is 22.6 Å². The molecule has 5 rings (SSSR count). The SMILES string of the molecule is CCCCc1ccc(-c2ccc(-c3nc(-c4ccc(C(C)(C)C)cc4)nc(-c4ccc(C(C)(C)I)cc4)n3)cn2)cc1. The fourth-order valence-corrected chi connectivity index (χ4v) is 5.18. The molecule has 0 aliphatic carbocycles. The van der Waals surface area contributed by atoms with E-state index < -0.39 is 0 Å². The van der Waals surface area contributed by atoms with Crippen LogP contribution < -0.4 is 0 Å². The molecule has 0 aliphatic heterocycles. The molecule has 4 nitrogen and oxygen atoms in total. The quantitative estimate of drug-likeness (QED) is 0.122. The van der Waals surface area contributed by atoms with Crippen molar-refractivity contribution < 1.29 is 0 Å². The molecule has 0 bridgehead atoms. The van der Waals surface area contributed by atoms with Gasteiger partial charge in [0.1, 0.15) is 0 Å². The average molecular weight is 667 g/mol. The summed E-state index contributed by atoms with van der Waals surface area (Å²) in [6.45, 7) is 13.3. The van der Waals surface area contributed by atoms with Gasteiger partial charge in [-0.2, -0.15) is 0 Å². The molecule has 5 heteroatoms. The summed E-state index contributed by atoms with van der Waals surface area (Å²) in [7, 11) is 0. The molecule has 0 N–H and O–H groups in total. The maximum absolute atomic E-state index is 4.93. The van der Waals surface area contributed by atoms with Crippen molar-refractivity contribution >= 4 is 22.6 Å². The third-order valence-electron chi connectivity index (χ3n) is 7.56. The van der Waals surface area contributed by atoms with Crippen LogP contribution in [0.15, 0.2) is 91.1 Å². The zero-order valence-electron chi connectivity index (χ0n) is 25.4. The van der Waals surface area contributed by atoms with Gasteiger partial charge in [0.2, 0.25) is 0 Å². The predicted molar refractivity (Wildman–Crippen MR) is 184 cm³/mol. The van der Waals surface area contributed by atoms with E-state index >= 15 is 0 Å². The van der Waals surface area contributed by atoms with Gasteiger partial charge in [0.15, 0.2) is 17.5 Å². The van der Waals surface area contributed by atoms with Gasteiger partial charge in [-0.15, -0.1) is 0 Å². The zero-order chi connectivity index (χ0) is 29.9. The number of unbranched alkanes of at least 4 members (excludes halogenated alkanes) is 1. The second kappa shape index (κ2) is 12.4. The summed E-state index contributed by atoms with van der Waals surface area (Å²) in [4.78, 5) is 19.6. The number of nitrogens with zero attached hydrogens (tertiary/aromatic N) is 4. The average Bonchev–Trinajstić information content (AvgIpc) is 2.99. The lowest BCUT2D eigenvalue weighted by Crippen LogP contribution is -2.10. The van der Waals surface area contributed by atoms with Crippen LogP contribution in [-0.2, 0) is 15.3 Å². The van der Waals surface area contributed by atoms with Crippen molar-refractivity contribution in [1.82, 2.24) is 19.9 Å². The Bertz CT molecular complexity index is 1550. The minimum absolute atomic E-state index is 0.0454. The van der Waals surface area contributed by atoms with Crippen LogP contribution in [0.25, 0.3) is 45.4 Å². The first-order valence-corrected chi connectivity index (χ1v) is 15.8. The van der Waals surface area contributed by atoms with E-state index in [4.69, 9.17) is 19.9 Å². The van der Waals surface area contributed by atoms with Crippen molar-refractivity contribution in [2.75, 3.05) is 0 Å². The van der Waals surface area contributed by atoms with Gasteiger partial charge in [0.05, 0.1) is 5.69 Å². The summed E-state index contributed by atoms with van der Waals surface area (Å²) in [5.74, 6) is 1.92. The molecule has 0 radical (unpaired) electrons. The van der Waals surface area contributed by atoms with E-state index in [-0.39, 0.29) is 8.84 Å². The first-order valence-electron chi connectivity index (χ1n) is 14.7. The van der Waals surface area contributed by atoms with Crippen molar-refractivity contribution in [1.29, 1.82) is 0 Å². The van der Waals surface area contributed by atoms with Gasteiger partial charge in [-0.3, -0.25) is 4.98 Å². The van der Waals surface area contributed by atoms with E-state index in [1.54, 1.807) is 0 Å². The summed E-state index contributed by atoms with van der Waals surface area (Å²) in [5, 5.41) is 0. The standard InChI is InChI=1S/C37H39IN4/c1-7-8-9-25-10-12-26(13-11-25)32-23-18-29(24-39-32)35-41-33(27-14-19-30(20-15-27)36(2,3)4)40-34(42-35)28-16-21-31(22-17-28)37(5,6)38/h10-24H,7-9H2,1-6H3. The van der Waals surface area contributed by atoms with Gasteiger partial charge >= 0.3 is 0 Å². The van der Waals surface area contributed by atoms with Gasteiger partial charge in [-0.25, -0.2) is 15.0 Å². The first kappa shape index (κ1) is 30.0. The summed E-state index contributed by atoms with van der Waals surface area (Å²) in [5.41, 5.74) is 8.81. The number of alkyl halides is 1. The summed E-state index contributed by atoms with van der Waals surface area (Å²) >= 11 is 2.47. The Kier molecular flexibility index (Phi) is 8.88. The molecule has 2 heterocycles. The van der Waals surface area contributed by atoms with Crippen LogP contribution in [0, 0.1) is 0 Å². The Morgan fingerprint density at radius 1 is 0.571 bits per heavy atom. The second-order valence-corrected chi connectivity index (χ2v) is 15.1. The number of hydrogen-bond donors (Lipinski definition) is 0. The topological polar surface area (TPSA) is 51.6 Å². The Balaban J connectivity index is 1.52. The van der Waals surface area contributed by atoms with E-state index in [2.05, 4.69) is 149 Å². The molecule has 0 aliphatic rings. The van der Waals surface area contributed by atoms with E-state index in [1.807, 2.05) is 6.20 Å². The molecule has 0 saturated heterocycles. The number of aryl methyl sites for hydroxylation is 1. The van der Waals surface area contributed by atoms with Crippen LogP contribution in [0.5, 0.6) is 0 Å². The molecule has 42 heavy (non-hydrogen) atoms. The van der Waals surface area contributed by atoms with Crippen LogP contribution in [0.3, 0.4) is 0 Å². The normalized spacial score (nSPS) is 12.0. The summed E-state index contributed by atoms with van der Waals surface area (Å²) in [6.07, 6.45) is 5.40. The highest BCUT2D eigenvalue weighted by Gasteiger charge is 2.18. The molecule has 2 aromatic heterocycles. The minimum atomic E-state index is 0.0454. The van der Waals surface area contributed by atoms with E-state index in [0.29, 0.717) is 17.5 Å². The van der Waals surface area contributed by atoms with E-state index in [0.717, 1.165) is 34.4 Å². The third-order valence-corrected chi connectivity index (χ3v) is 8.19. The van der Waals surface area contributed by atoms with E-state index in [9.17, 15) is 0 Å². The lowest BCUT2D eigenvalue weighted by Gasteiger charge is -2.19. The van der Waals surface area contributed by atoms with Gasteiger partial charge in [0.25, 0.3) is 0 Å². The van der Waals surface area contributed by atoms with Crippen LogP contribution in [-0.4, -0.2) is 19.9 Å². The largest absolute Gasteiger partial charge is 0.255 e. The van der Waals surface area contributed by atoms with Crippen LogP contribution in [0.2, 0.25) is 0 Å². The molecule has 0 unspecified atom stereocenters. The smallest absolute Gasteiger partial charge is 0.165 e. The van der Waals surface area contributed by atoms with Crippen molar-refractivity contribution in [2.45, 2.75) is 69.6 Å². The zero-order valence-corrected chi connectivity index (χ0v) is 27.6. The Morgan fingerprint density at radius 2 is 1.05 bits per heavy atom. The van der Waals surface area contributed by atoms with Crippen molar-refractivity contribution in [3.8, 4) is 45.4 Å². The highest BCUT2D eigenvalue weighted by atomic mass is 127. The molecule has 3 aromatic carbocycles. The van der Waals surface area contributed by atoms with Crippen LogP contribution in [0.4, 0.5) is 0 Å². The molecule has 5 aromatic rings. The number of halogens is 1. The molecule has 214 valence electrons. The highest BCUT2D eigenvalue weighted by molar-refractivity contribution is 14.1. The molecule has 0 atom stereocenters. The maximum atomic E-state index is 4.93. The number of benzene rings is 3. The number of aromatic nitrogens is 4. The van der Waals surface area contributed by atoms with Gasteiger partial charge in [-0.05, 0) is 60.9 Å². The minimum Gasteiger partial charge on any atom is -0.255 e. The summed E-state index contributed by atoms with van der Waals surface area (Å²) in [6, 6.07) is 29.9. The lowest BCUT2D eigenvalue weighted by molar-refractivity contribution is 0.590. The van der Waals surface area contributed by atoms with Crippen molar-refractivity contribution in [3.63, 3.8) is 0 Å². The molecule has 0 amide bonds. The third kappa shape index (κ3) is 7.12. The van der Waals surface area contributed by atoms with Gasteiger partial charge in [0, 0.05) is 31.9 Å². The Labute approximate surface area is 264 Å². The van der Waals surface area contributed by atoms with Gasteiger partial charge in [-0.1, -0.05) is 130 Å².